The number of carboxylic acids is 1. The molecule has 0 rings (SSSR count). The van der Waals surface area contributed by atoms with Gasteiger partial charge in [0.2, 0.25) is 5.91 Å². The number of carboxylic acid groups (broad SMARTS) is 1. The third-order valence-electron chi connectivity index (χ3n) is 1.40. The molecule has 6 heteroatoms. The lowest BCUT2D eigenvalue weighted by atomic mass is 10.3. The minimum atomic E-state index is -1.27. The summed E-state index contributed by atoms with van der Waals surface area (Å²) in [5.41, 5.74) is 0. The molecule has 0 aromatic rings. The Balaban J connectivity index is 3.74. The maximum Gasteiger partial charge on any atom is 0.328 e. The fourth-order valence-corrected chi connectivity index (χ4v) is 0.731. The second-order valence-electron chi connectivity index (χ2n) is 2.69. The Hall–Kier alpha value is -1.14. The molecule has 1 unspecified atom stereocenters. The van der Waals surface area contributed by atoms with E-state index in [1.807, 2.05) is 6.92 Å². The van der Waals surface area contributed by atoms with Crippen LogP contribution in [0.3, 0.4) is 0 Å². The Morgan fingerprint density at radius 3 is 2.57 bits per heavy atom. The van der Waals surface area contributed by atoms with Crippen molar-refractivity contribution in [1.82, 2.24) is 5.32 Å². The van der Waals surface area contributed by atoms with Gasteiger partial charge in [0.15, 0.2) is 0 Å². The van der Waals surface area contributed by atoms with Crippen LogP contribution in [-0.4, -0.2) is 48.0 Å². The summed E-state index contributed by atoms with van der Waals surface area (Å²) in [5.74, 6) is -1.81. The van der Waals surface area contributed by atoms with Gasteiger partial charge in [-0.2, -0.15) is 0 Å². The van der Waals surface area contributed by atoms with E-state index in [1.165, 1.54) is 0 Å². The van der Waals surface area contributed by atoms with Crippen LogP contribution in [0.25, 0.3) is 0 Å². The highest BCUT2D eigenvalue weighted by atomic mass is 16.5. The van der Waals surface area contributed by atoms with Gasteiger partial charge in [0.1, 0.15) is 12.6 Å². The molecule has 14 heavy (non-hydrogen) atoms. The second kappa shape index (κ2) is 7.28. The summed E-state index contributed by atoms with van der Waals surface area (Å²) in [7, 11) is 0. The Morgan fingerprint density at radius 2 is 2.14 bits per heavy atom. The number of hydrogen-bond donors (Lipinski definition) is 3. The molecule has 0 spiro atoms. The predicted molar refractivity (Wildman–Crippen MR) is 47.8 cm³/mol. The molecule has 0 saturated carbocycles. The molecule has 6 nitrogen and oxygen atoms in total. The molecule has 0 heterocycles. The summed E-state index contributed by atoms with van der Waals surface area (Å²) in [4.78, 5) is 21.4. The van der Waals surface area contributed by atoms with Crippen molar-refractivity contribution in [1.29, 1.82) is 0 Å². The van der Waals surface area contributed by atoms with Crippen molar-refractivity contribution in [2.45, 2.75) is 19.4 Å². The first-order chi connectivity index (χ1) is 6.61. The first-order valence-electron chi connectivity index (χ1n) is 4.32. The SMILES string of the molecule is CCCOCC(=O)NC(CO)C(=O)O. The van der Waals surface area contributed by atoms with Gasteiger partial charge in [-0.3, -0.25) is 4.79 Å². The fraction of sp³-hybridized carbons (Fsp3) is 0.750. The molecule has 0 aromatic heterocycles. The van der Waals surface area contributed by atoms with E-state index in [9.17, 15) is 9.59 Å². The van der Waals surface area contributed by atoms with E-state index in [2.05, 4.69) is 5.32 Å². The van der Waals surface area contributed by atoms with E-state index < -0.39 is 24.5 Å². The van der Waals surface area contributed by atoms with Crippen LogP contribution in [0.1, 0.15) is 13.3 Å². The van der Waals surface area contributed by atoms with Crippen LogP contribution in [0, 0.1) is 0 Å². The van der Waals surface area contributed by atoms with Crippen LogP contribution >= 0.6 is 0 Å². The quantitative estimate of drug-likeness (QED) is 0.462. The zero-order valence-corrected chi connectivity index (χ0v) is 8.02. The second-order valence-corrected chi connectivity index (χ2v) is 2.69. The van der Waals surface area contributed by atoms with Gasteiger partial charge in [0.05, 0.1) is 6.61 Å². The molecule has 0 fully saturated rings. The molecule has 0 radical (unpaired) electrons. The number of amides is 1. The molecule has 1 amide bonds. The van der Waals surface area contributed by atoms with Crippen LogP contribution in [0.5, 0.6) is 0 Å². The van der Waals surface area contributed by atoms with Crippen LogP contribution in [0.4, 0.5) is 0 Å². The van der Waals surface area contributed by atoms with E-state index in [0.717, 1.165) is 6.42 Å². The summed E-state index contributed by atoms with van der Waals surface area (Å²) >= 11 is 0. The average Bonchev–Trinajstić information content (AvgIpc) is 2.14. The number of rotatable bonds is 7. The third kappa shape index (κ3) is 5.50. The number of carbonyl (C=O) groups excluding carboxylic acids is 1. The number of carbonyl (C=O) groups is 2. The predicted octanol–water partition coefficient (Wildman–Crippen LogP) is -1.03. The smallest absolute Gasteiger partial charge is 0.328 e. The molecule has 0 bridgehead atoms. The molecule has 82 valence electrons. The van der Waals surface area contributed by atoms with Crippen molar-refractivity contribution >= 4 is 11.9 Å². The van der Waals surface area contributed by atoms with Gasteiger partial charge in [-0.15, -0.1) is 0 Å². The minimum Gasteiger partial charge on any atom is -0.480 e. The highest BCUT2D eigenvalue weighted by Gasteiger charge is 2.18. The van der Waals surface area contributed by atoms with E-state index in [-0.39, 0.29) is 6.61 Å². The molecule has 0 aliphatic rings. The fourth-order valence-electron chi connectivity index (χ4n) is 0.731. The third-order valence-corrected chi connectivity index (χ3v) is 1.40. The minimum absolute atomic E-state index is 0.183. The number of nitrogens with one attached hydrogen (secondary N) is 1. The normalized spacial score (nSPS) is 12.1. The Morgan fingerprint density at radius 1 is 1.50 bits per heavy atom. The maximum atomic E-state index is 11.0. The Kier molecular flexibility index (Phi) is 6.69. The average molecular weight is 205 g/mol. The zero-order chi connectivity index (χ0) is 11.0. The lowest BCUT2D eigenvalue weighted by Gasteiger charge is -2.11. The van der Waals surface area contributed by atoms with Crippen LogP contribution in [-0.2, 0) is 14.3 Å². The van der Waals surface area contributed by atoms with Crippen molar-refractivity contribution in [3.05, 3.63) is 0 Å². The monoisotopic (exact) mass is 205 g/mol. The highest BCUT2D eigenvalue weighted by Crippen LogP contribution is 1.85. The van der Waals surface area contributed by atoms with Gasteiger partial charge in [0.25, 0.3) is 0 Å². The number of ether oxygens (including phenoxy) is 1. The van der Waals surface area contributed by atoms with E-state index in [0.29, 0.717) is 6.61 Å². The van der Waals surface area contributed by atoms with E-state index in [4.69, 9.17) is 14.9 Å². The van der Waals surface area contributed by atoms with Gasteiger partial charge < -0.3 is 20.3 Å². The summed E-state index contributed by atoms with van der Waals surface area (Å²) in [6.07, 6.45) is 0.787. The molecule has 1 atom stereocenters. The van der Waals surface area contributed by atoms with Crippen molar-refractivity contribution < 1.29 is 24.5 Å². The van der Waals surface area contributed by atoms with E-state index >= 15 is 0 Å². The maximum absolute atomic E-state index is 11.0. The summed E-state index contributed by atoms with van der Waals surface area (Å²) in [6, 6.07) is -1.26. The van der Waals surface area contributed by atoms with E-state index in [1.54, 1.807) is 0 Å². The first-order valence-corrected chi connectivity index (χ1v) is 4.32. The standard InChI is InChI=1S/C8H15NO5/c1-2-3-14-5-7(11)9-6(4-10)8(12)13/h6,10H,2-5H2,1H3,(H,9,11)(H,12,13). The lowest BCUT2D eigenvalue weighted by molar-refractivity contribution is -0.143. The summed E-state index contributed by atoms with van der Waals surface area (Å²) in [5, 5.41) is 19.2. The van der Waals surface area contributed by atoms with Gasteiger partial charge in [0, 0.05) is 6.61 Å². The van der Waals surface area contributed by atoms with Crippen molar-refractivity contribution in [2.24, 2.45) is 0 Å². The highest BCUT2D eigenvalue weighted by molar-refractivity contribution is 5.84. The Bertz CT molecular complexity index is 194. The molecule has 0 aliphatic heterocycles. The Labute approximate surface area is 81.9 Å². The molecule has 3 N–H and O–H groups in total. The van der Waals surface area contributed by atoms with Crippen molar-refractivity contribution in [3.63, 3.8) is 0 Å². The van der Waals surface area contributed by atoms with Gasteiger partial charge in [-0.05, 0) is 6.42 Å². The number of aliphatic hydroxyl groups excluding tert-OH is 1. The molecular weight excluding hydrogens is 190 g/mol. The van der Waals surface area contributed by atoms with Crippen LogP contribution in [0.15, 0.2) is 0 Å². The van der Waals surface area contributed by atoms with Crippen molar-refractivity contribution in [3.8, 4) is 0 Å². The van der Waals surface area contributed by atoms with Gasteiger partial charge >= 0.3 is 5.97 Å². The zero-order valence-electron chi connectivity index (χ0n) is 8.02. The first kappa shape index (κ1) is 12.9. The van der Waals surface area contributed by atoms with Crippen molar-refractivity contribution in [2.75, 3.05) is 19.8 Å². The number of aliphatic hydroxyl groups is 1. The number of aliphatic carboxylic acids is 1. The van der Waals surface area contributed by atoms with Gasteiger partial charge in [-0.25, -0.2) is 4.79 Å². The molecule has 0 saturated heterocycles. The number of hydrogen-bond acceptors (Lipinski definition) is 4. The molecule has 0 aliphatic carbocycles. The molecular formula is C8H15NO5. The van der Waals surface area contributed by atoms with Crippen LogP contribution in [0.2, 0.25) is 0 Å². The lowest BCUT2D eigenvalue weighted by Crippen LogP contribution is -2.44. The summed E-state index contributed by atoms with van der Waals surface area (Å²) < 4.78 is 4.88. The largest absolute Gasteiger partial charge is 0.480 e. The van der Waals surface area contributed by atoms with Gasteiger partial charge in [-0.1, -0.05) is 6.92 Å². The van der Waals surface area contributed by atoms with Crippen LogP contribution < -0.4 is 5.32 Å². The topological polar surface area (TPSA) is 95.9 Å². The molecule has 0 aromatic carbocycles. The summed E-state index contributed by atoms with van der Waals surface area (Å²) in [6.45, 7) is 1.53.